The number of unbranched alkanes of at least 4 members (excludes halogenated alkanes) is 6. The van der Waals surface area contributed by atoms with Crippen LogP contribution in [-0.2, 0) is 12.0 Å². The molecule has 4 aromatic carbocycles. The highest BCUT2D eigenvalue weighted by Crippen LogP contribution is 2.55. The van der Waals surface area contributed by atoms with Crippen LogP contribution < -0.4 is 0 Å². The smallest absolute Gasteiger partial charge is 0.0491 e. The predicted octanol–water partition coefficient (Wildman–Crippen LogP) is 12.2. The number of aryl methyl sites for hydroxylation is 1. The Morgan fingerprint density at radius 2 is 1.07 bits per heavy atom. The van der Waals surface area contributed by atoms with E-state index >= 15 is 0 Å². The Kier molecular flexibility index (Phi) is 8.51. The van der Waals surface area contributed by atoms with Crippen LogP contribution in [0.2, 0.25) is 0 Å². The maximum Gasteiger partial charge on any atom is 0.0491 e. The van der Waals surface area contributed by atoms with Crippen LogP contribution in [0.25, 0.3) is 32.9 Å². The molecule has 0 saturated carbocycles. The third-order valence-corrected chi connectivity index (χ3v) is 10.1. The molecule has 40 heavy (non-hydrogen) atoms. The molecule has 206 valence electrons. The Morgan fingerprint density at radius 3 is 1.62 bits per heavy atom. The second-order valence-corrected chi connectivity index (χ2v) is 13.5. The minimum Gasteiger partial charge on any atom is -0.340 e. The number of benzene rings is 4. The minimum absolute atomic E-state index is 0.110. The number of fused-ring (bicyclic) bond motifs is 6. The molecule has 0 spiro atoms. The van der Waals surface area contributed by atoms with Gasteiger partial charge in [-0.15, -0.1) is 0 Å². The van der Waals surface area contributed by atoms with Crippen molar-refractivity contribution in [3.05, 3.63) is 105 Å². The van der Waals surface area contributed by atoms with E-state index in [0.29, 0.717) is 0 Å². The number of hydrogen-bond donors (Lipinski definition) is 0. The molecule has 5 aromatic rings. The first-order valence-corrected chi connectivity index (χ1v) is 16.8. The highest BCUT2D eigenvalue weighted by Gasteiger charge is 2.42. The van der Waals surface area contributed by atoms with Gasteiger partial charge in [0.25, 0.3) is 0 Å². The summed E-state index contributed by atoms with van der Waals surface area (Å²) in [5.74, 6) is 0. The molecular formula is C37H39Br2N. The molecule has 0 bridgehead atoms. The van der Waals surface area contributed by atoms with Crippen molar-refractivity contribution in [2.24, 2.45) is 0 Å². The van der Waals surface area contributed by atoms with Crippen LogP contribution in [0, 0.1) is 0 Å². The van der Waals surface area contributed by atoms with Crippen LogP contribution in [-0.4, -0.2) is 4.57 Å². The SMILES string of the molecule is CCCCCCC1(CCCCCCn2c3ccccc3c3ccccc32)c2cc(Br)ccc2-c2ccc(Br)cc21. The van der Waals surface area contributed by atoms with Gasteiger partial charge in [-0.1, -0.05) is 132 Å². The second-order valence-electron chi connectivity index (χ2n) is 11.6. The number of para-hydroxylation sites is 2. The van der Waals surface area contributed by atoms with Gasteiger partial charge in [0, 0.05) is 42.7 Å². The molecular weight excluding hydrogens is 618 g/mol. The van der Waals surface area contributed by atoms with E-state index in [1.807, 2.05) is 0 Å². The fourth-order valence-corrected chi connectivity index (χ4v) is 7.97. The largest absolute Gasteiger partial charge is 0.340 e. The fourth-order valence-electron chi connectivity index (χ4n) is 7.25. The molecule has 1 heterocycles. The molecule has 0 aliphatic heterocycles. The highest BCUT2D eigenvalue weighted by molar-refractivity contribution is 9.10. The van der Waals surface area contributed by atoms with Crippen molar-refractivity contribution in [2.45, 2.75) is 83.1 Å². The molecule has 1 nitrogen and oxygen atoms in total. The highest BCUT2D eigenvalue weighted by atomic mass is 79.9. The average molecular weight is 658 g/mol. The summed E-state index contributed by atoms with van der Waals surface area (Å²) in [6, 6.07) is 31.7. The van der Waals surface area contributed by atoms with Crippen LogP contribution in [0.1, 0.15) is 82.3 Å². The summed E-state index contributed by atoms with van der Waals surface area (Å²) in [5, 5.41) is 2.75. The van der Waals surface area contributed by atoms with Gasteiger partial charge in [0.2, 0.25) is 0 Å². The third kappa shape index (κ3) is 5.21. The minimum atomic E-state index is 0.110. The number of nitrogens with zero attached hydrogens (tertiary/aromatic N) is 1. The summed E-state index contributed by atoms with van der Waals surface area (Å²) in [5.41, 5.74) is 8.79. The summed E-state index contributed by atoms with van der Waals surface area (Å²) in [6.07, 6.45) is 12.7. The van der Waals surface area contributed by atoms with E-state index in [9.17, 15) is 0 Å². The maximum atomic E-state index is 3.81. The van der Waals surface area contributed by atoms with Crippen LogP contribution in [0.3, 0.4) is 0 Å². The first kappa shape index (κ1) is 27.8. The lowest BCUT2D eigenvalue weighted by Gasteiger charge is -2.33. The Hall–Kier alpha value is -2.36. The van der Waals surface area contributed by atoms with Gasteiger partial charge in [0.1, 0.15) is 0 Å². The number of aromatic nitrogens is 1. The van der Waals surface area contributed by atoms with Gasteiger partial charge in [-0.3, -0.25) is 0 Å². The quantitative estimate of drug-likeness (QED) is 0.118. The van der Waals surface area contributed by atoms with E-state index in [1.165, 1.54) is 117 Å². The normalized spacial score (nSPS) is 13.7. The second kappa shape index (κ2) is 12.2. The summed E-state index contributed by atoms with van der Waals surface area (Å²) in [7, 11) is 0. The number of halogens is 2. The number of hydrogen-bond acceptors (Lipinski definition) is 0. The lowest BCUT2D eigenvalue weighted by molar-refractivity contribution is 0.398. The molecule has 0 radical (unpaired) electrons. The van der Waals surface area contributed by atoms with E-state index in [-0.39, 0.29) is 5.41 Å². The first-order valence-electron chi connectivity index (χ1n) is 15.2. The van der Waals surface area contributed by atoms with Crippen LogP contribution in [0.15, 0.2) is 93.9 Å². The summed E-state index contributed by atoms with van der Waals surface area (Å²) in [6.45, 7) is 3.39. The molecule has 0 atom stereocenters. The van der Waals surface area contributed by atoms with Crippen molar-refractivity contribution in [1.82, 2.24) is 4.57 Å². The molecule has 3 heteroatoms. The summed E-state index contributed by atoms with van der Waals surface area (Å²) < 4.78 is 4.93. The lowest BCUT2D eigenvalue weighted by atomic mass is 9.70. The van der Waals surface area contributed by atoms with Gasteiger partial charge in [0.15, 0.2) is 0 Å². The molecule has 0 unspecified atom stereocenters. The zero-order valence-electron chi connectivity index (χ0n) is 23.6. The Labute approximate surface area is 256 Å². The van der Waals surface area contributed by atoms with Gasteiger partial charge in [-0.25, -0.2) is 0 Å². The lowest BCUT2D eigenvalue weighted by Crippen LogP contribution is -2.25. The van der Waals surface area contributed by atoms with Crippen LogP contribution in [0.4, 0.5) is 0 Å². The first-order chi connectivity index (χ1) is 19.6. The topological polar surface area (TPSA) is 4.93 Å². The Bertz CT molecular complexity index is 1520. The van der Waals surface area contributed by atoms with Crippen molar-refractivity contribution in [2.75, 3.05) is 0 Å². The van der Waals surface area contributed by atoms with Gasteiger partial charge < -0.3 is 4.57 Å². The van der Waals surface area contributed by atoms with Crippen LogP contribution >= 0.6 is 31.9 Å². The zero-order valence-corrected chi connectivity index (χ0v) is 26.7. The number of rotatable bonds is 12. The summed E-state index contributed by atoms with van der Waals surface area (Å²) in [4.78, 5) is 0. The maximum absolute atomic E-state index is 3.81. The van der Waals surface area contributed by atoms with Gasteiger partial charge in [0.05, 0.1) is 0 Å². The molecule has 1 aromatic heterocycles. The Balaban J connectivity index is 1.19. The van der Waals surface area contributed by atoms with Crippen molar-refractivity contribution in [1.29, 1.82) is 0 Å². The van der Waals surface area contributed by atoms with Gasteiger partial charge in [-0.05, 0) is 77.9 Å². The zero-order chi connectivity index (χ0) is 27.5. The van der Waals surface area contributed by atoms with E-state index in [4.69, 9.17) is 0 Å². The third-order valence-electron chi connectivity index (χ3n) is 9.16. The van der Waals surface area contributed by atoms with E-state index in [0.717, 1.165) is 6.54 Å². The average Bonchev–Trinajstić information content (AvgIpc) is 3.43. The standard InChI is InChI=1S/C37H39Br2N/c1-2-3-4-11-22-37(33-25-27(38)18-20-29(33)30-21-19-28(39)26-34(30)37)23-12-5-6-13-24-40-35-16-9-7-14-31(35)32-15-8-10-17-36(32)40/h7-10,14-21,25-26H,2-6,11-13,22-24H2,1H3. The van der Waals surface area contributed by atoms with Crippen molar-refractivity contribution in [3.8, 4) is 11.1 Å². The van der Waals surface area contributed by atoms with E-state index in [2.05, 4.69) is 128 Å². The van der Waals surface area contributed by atoms with E-state index in [1.54, 1.807) is 0 Å². The Morgan fingerprint density at radius 1 is 0.575 bits per heavy atom. The van der Waals surface area contributed by atoms with Gasteiger partial charge in [-0.2, -0.15) is 0 Å². The van der Waals surface area contributed by atoms with E-state index < -0.39 is 0 Å². The molecule has 6 rings (SSSR count). The molecule has 1 aliphatic rings. The van der Waals surface area contributed by atoms with Crippen molar-refractivity contribution >= 4 is 53.7 Å². The molecule has 0 saturated heterocycles. The monoisotopic (exact) mass is 655 g/mol. The van der Waals surface area contributed by atoms with Gasteiger partial charge >= 0.3 is 0 Å². The molecule has 1 aliphatic carbocycles. The van der Waals surface area contributed by atoms with Crippen molar-refractivity contribution < 1.29 is 0 Å². The van der Waals surface area contributed by atoms with Crippen molar-refractivity contribution in [3.63, 3.8) is 0 Å². The molecule has 0 N–H and O–H groups in total. The molecule has 0 fully saturated rings. The fraction of sp³-hybridized carbons (Fsp3) is 0.351. The summed E-state index contributed by atoms with van der Waals surface area (Å²) >= 11 is 7.63. The predicted molar refractivity (Wildman–Crippen MR) is 179 cm³/mol. The molecule has 0 amide bonds. The van der Waals surface area contributed by atoms with Crippen LogP contribution in [0.5, 0.6) is 0 Å².